The van der Waals surface area contributed by atoms with Crippen molar-refractivity contribution in [3.63, 3.8) is 0 Å². The van der Waals surface area contributed by atoms with E-state index >= 15 is 0 Å². The van der Waals surface area contributed by atoms with Crippen LogP contribution in [0.1, 0.15) is 65.2 Å². The largest absolute Gasteiger partial charge is 0.384 e. The third kappa shape index (κ3) is 2.04. The molecule has 0 saturated heterocycles. The second-order valence-electron chi connectivity index (χ2n) is 9.41. The third-order valence-corrected chi connectivity index (χ3v) is 8.75. The van der Waals surface area contributed by atoms with Crippen LogP contribution in [0.4, 0.5) is 0 Å². The van der Waals surface area contributed by atoms with E-state index in [-0.39, 0.29) is 10.8 Å². The van der Waals surface area contributed by atoms with Crippen molar-refractivity contribution < 1.29 is 9.90 Å². The van der Waals surface area contributed by atoms with Crippen molar-refractivity contribution in [3.8, 4) is 6.07 Å². The number of allylic oxidation sites excluding steroid dienone is 1. The number of nitrogens with zero attached hydrogens (tertiary/aromatic N) is 1. The van der Waals surface area contributed by atoms with Crippen LogP contribution >= 0.6 is 0 Å². The molecule has 0 aromatic rings. The molecule has 0 aliphatic heterocycles. The molecule has 0 heterocycles. The predicted octanol–water partition coefficient (Wildman–Crippen LogP) is 4.33. The monoisotopic (exact) mass is 339 g/mol. The standard InChI is InChI=1S/C22H29NO2/c1-14(13-23)22(25)11-8-19-17-5-4-15-12-16(24)6-9-20(15,2)18(17)7-10-21(19,22)3/h12,17-19,25H,1,4-11H2,2-3H3/t17-,18+,19+,20+,21+,22-/m1/s1. The Morgan fingerprint density at radius 3 is 2.64 bits per heavy atom. The molecule has 0 spiro atoms. The van der Waals surface area contributed by atoms with E-state index in [2.05, 4.69) is 26.5 Å². The van der Waals surface area contributed by atoms with Crippen molar-refractivity contribution in [2.45, 2.75) is 70.8 Å². The third-order valence-electron chi connectivity index (χ3n) is 8.75. The number of carbonyl (C=O) groups excluding carboxylic acids is 1. The Bertz CT molecular complexity index is 716. The molecule has 0 amide bonds. The topological polar surface area (TPSA) is 61.1 Å². The Morgan fingerprint density at radius 1 is 1.20 bits per heavy atom. The highest BCUT2D eigenvalue weighted by Gasteiger charge is 2.64. The van der Waals surface area contributed by atoms with E-state index in [9.17, 15) is 15.2 Å². The zero-order valence-corrected chi connectivity index (χ0v) is 15.5. The number of fused-ring (bicyclic) bond motifs is 5. The second kappa shape index (κ2) is 5.30. The maximum absolute atomic E-state index is 11.9. The molecule has 4 aliphatic carbocycles. The summed E-state index contributed by atoms with van der Waals surface area (Å²) in [4.78, 5) is 11.9. The molecule has 3 saturated carbocycles. The van der Waals surface area contributed by atoms with Gasteiger partial charge in [-0.25, -0.2) is 0 Å². The fourth-order valence-electron chi connectivity index (χ4n) is 7.16. The molecular weight excluding hydrogens is 310 g/mol. The van der Waals surface area contributed by atoms with Crippen molar-refractivity contribution in [2.24, 2.45) is 28.6 Å². The summed E-state index contributed by atoms with van der Waals surface area (Å²) in [6, 6.07) is 2.14. The van der Waals surface area contributed by atoms with Gasteiger partial charge in [-0.15, -0.1) is 0 Å². The normalized spacial score (nSPS) is 48.6. The van der Waals surface area contributed by atoms with E-state index in [1.807, 2.05) is 6.08 Å². The lowest BCUT2D eigenvalue weighted by Crippen LogP contribution is -2.55. The van der Waals surface area contributed by atoms with Gasteiger partial charge in [-0.2, -0.15) is 5.26 Å². The quantitative estimate of drug-likeness (QED) is 0.723. The van der Waals surface area contributed by atoms with E-state index in [1.54, 1.807) is 0 Å². The molecule has 4 rings (SSSR count). The SMILES string of the molecule is C=C(C#N)[C@]1(O)CC[C@H]2[C@@H]3CCC4=CC(=O)CC[C@]4(C)[C@H]3CC[C@@]21C. The summed E-state index contributed by atoms with van der Waals surface area (Å²) in [7, 11) is 0. The molecule has 0 aromatic carbocycles. The molecule has 0 aromatic heterocycles. The van der Waals surface area contributed by atoms with Crippen LogP contribution < -0.4 is 0 Å². The van der Waals surface area contributed by atoms with Crippen LogP contribution in [0.25, 0.3) is 0 Å². The van der Waals surface area contributed by atoms with Gasteiger partial charge in [0.15, 0.2) is 5.78 Å². The minimum atomic E-state index is -1.03. The molecule has 25 heavy (non-hydrogen) atoms. The Balaban J connectivity index is 1.70. The van der Waals surface area contributed by atoms with Gasteiger partial charge < -0.3 is 5.11 Å². The van der Waals surface area contributed by atoms with Gasteiger partial charge in [-0.05, 0) is 74.2 Å². The summed E-state index contributed by atoms with van der Waals surface area (Å²) >= 11 is 0. The molecule has 6 atom stereocenters. The Hall–Kier alpha value is -1.40. The average molecular weight is 339 g/mol. The van der Waals surface area contributed by atoms with Gasteiger partial charge in [0.25, 0.3) is 0 Å². The summed E-state index contributed by atoms with van der Waals surface area (Å²) in [5.41, 5.74) is 0.621. The number of rotatable bonds is 1. The smallest absolute Gasteiger partial charge is 0.155 e. The van der Waals surface area contributed by atoms with Crippen molar-refractivity contribution in [1.29, 1.82) is 5.26 Å². The zero-order valence-electron chi connectivity index (χ0n) is 15.5. The molecule has 134 valence electrons. The van der Waals surface area contributed by atoms with Crippen molar-refractivity contribution in [1.82, 2.24) is 0 Å². The van der Waals surface area contributed by atoms with E-state index in [4.69, 9.17) is 0 Å². The predicted molar refractivity (Wildman–Crippen MR) is 96.4 cm³/mol. The van der Waals surface area contributed by atoms with Crippen LogP contribution in [-0.4, -0.2) is 16.5 Å². The number of hydrogen-bond donors (Lipinski definition) is 1. The van der Waals surface area contributed by atoms with E-state index in [0.717, 1.165) is 38.5 Å². The van der Waals surface area contributed by atoms with Gasteiger partial charge in [0, 0.05) is 11.8 Å². The van der Waals surface area contributed by atoms with Gasteiger partial charge in [-0.3, -0.25) is 4.79 Å². The van der Waals surface area contributed by atoms with Gasteiger partial charge >= 0.3 is 0 Å². The molecule has 0 radical (unpaired) electrons. The minimum absolute atomic E-state index is 0.158. The molecule has 4 aliphatic rings. The van der Waals surface area contributed by atoms with Crippen LogP contribution in [0, 0.1) is 39.9 Å². The number of nitriles is 1. The van der Waals surface area contributed by atoms with Gasteiger partial charge in [0.05, 0.1) is 11.6 Å². The number of aliphatic hydroxyl groups is 1. The Morgan fingerprint density at radius 2 is 1.92 bits per heavy atom. The molecule has 0 bridgehead atoms. The first kappa shape index (κ1) is 17.0. The fraction of sp³-hybridized carbons (Fsp3) is 0.727. The second-order valence-corrected chi connectivity index (χ2v) is 9.41. The van der Waals surface area contributed by atoms with Crippen LogP contribution in [0.5, 0.6) is 0 Å². The van der Waals surface area contributed by atoms with Crippen molar-refractivity contribution in [2.75, 3.05) is 0 Å². The highest BCUT2D eigenvalue weighted by molar-refractivity contribution is 5.91. The summed E-state index contributed by atoms with van der Waals surface area (Å²) < 4.78 is 0. The van der Waals surface area contributed by atoms with Crippen LogP contribution in [0.15, 0.2) is 23.8 Å². The summed E-state index contributed by atoms with van der Waals surface area (Å²) in [5, 5.41) is 20.7. The van der Waals surface area contributed by atoms with Gasteiger partial charge in [0.2, 0.25) is 0 Å². The molecule has 1 N–H and O–H groups in total. The Kier molecular flexibility index (Phi) is 3.61. The molecule has 3 nitrogen and oxygen atoms in total. The first-order chi connectivity index (χ1) is 11.8. The van der Waals surface area contributed by atoms with E-state index in [1.165, 1.54) is 5.57 Å². The molecule has 0 unspecified atom stereocenters. The number of hydrogen-bond acceptors (Lipinski definition) is 3. The molecule has 3 heteroatoms. The number of carbonyl (C=O) groups is 1. The molecular formula is C22H29NO2. The van der Waals surface area contributed by atoms with Crippen LogP contribution in [0.2, 0.25) is 0 Å². The fourth-order valence-corrected chi connectivity index (χ4v) is 7.16. The van der Waals surface area contributed by atoms with Crippen molar-refractivity contribution in [3.05, 3.63) is 23.8 Å². The lowest BCUT2D eigenvalue weighted by atomic mass is 9.46. The van der Waals surface area contributed by atoms with E-state index < -0.39 is 5.60 Å². The summed E-state index contributed by atoms with van der Waals surface area (Å²) in [5.74, 6) is 1.95. The van der Waals surface area contributed by atoms with Crippen molar-refractivity contribution >= 4 is 5.78 Å². The lowest BCUT2D eigenvalue weighted by molar-refractivity contribution is -0.120. The van der Waals surface area contributed by atoms with E-state index in [0.29, 0.717) is 42.0 Å². The average Bonchev–Trinajstić information content (AvgIpc) is 2.87. The van der Waals surface area contributed by atoms with Crippen LogP contribution in [-0.2, 0) is 4.79 Å². The number of ketones is 1. The minimum Gasteiger partial charge on any atom is -0.384 e. The summed E-state index contributed by atoms with van der Waals surface area (Å²) in [6.45, 7) is 8.47. The highest BCUT2D eigenvalue weighted by Crippen LogP contribution is 2.68. The molecule has 3 fully saturated rings. The maximum Gasteiger partial charge on any atom is 0.155 e. The zero-order chi connectivity index (χ0) is 18.0. The van der Waals surface area contributed by atoms with Crippen LogP contribution in [0.3, 0.4) is 0 Å². The maximum atomic E-state index is 11.9. The highest BCUT2D eigenvalue weighted by atomic mass is 16.3. The first-order valence-electron chi connectivity index (χ1n) is 9.82. The lowest BCUT2D eigenvalue weighted by Gasteiger charge is -2.59. The Labute approximate surface area is 150 Å². The summed E-state index contributed by atoms with van der Waals surface area (Å²) in [6.07, 6.45) is 9.44. The van der Waals surface area contributed by atoms with Gasteiger partial charge in [0.1, 0.15) is 5.60 Å². The van der Waals surface area contributed by atoms with Gasteiger partial charge in [-0.1, -0.05) is 26.0 Å². The first-order valence-corrected chi connectivity index (χ1v) is 9.82.